The summed E-state index contributed by atoms with van der Waals surface area (Å²) in [5.41, 5.74) is 6.67. The maximum Gasteiger partial charge on any atom is 0.132 e. The van der Waals surface area contributed by atoms with Crippen molar-refractivity contribution in [2.24, 2.45) is 11.7 Å². The molecule has 0 amide bonds. The second-order valence-corrected chi connectivity index (χ2v) is 5.21. The zero-order valence-electron chi connectivity index (χ0n) is 10.6. The molecular weight excluding hydrogens is 248 g/mol. The van der Waals surface area contributed by atoms with Gasteiger partial charge in [-0.05, 0) is 30.5 Å². The van der Waals surface area contributed by atoms with Gasteiger partial charge in [0.25, 0.3) is 0 Å². The van der Waals surface area contributed by atoms with E-state index in [0.29, 0.717) is 11.6 Å². The van der Waals surface area contributed by atoms with Crippen molar-refractivity contribution in [3.63, 3.8) is 0 Å². The standard InChI is InChI=1S/C14H15F2N3/c1-8-4-12(17)14-18-13(7-19(14)6-8)10-5-9(15)2-3-11(10)16/h2-3,5,7-8,12H,4,6,17H2,1H3. The molecule has 2 heterocycles. The van der Waals surface area contributed by atoms with Crippen LogP contribution in [0.15, 0.2) is 24.4 Å². The quantitative estimate of drug-likeness (QED) is 0.859. The van der Waals surface area contributed by atoms with Gasteiger partial charge in [0.15, 0.2) is 0 Å². The summed E-state index contributed by atoms with van der Waals surface area (Å²) in [7, 11) is 0. The summed E-state index contributed by atoms with van der Waals surface area (Å²) in [5.74, 6) is 0.261. The van der Waals surface area contributed by atoms with Crippen LogP contribution in [0.2, 0.25) is 0 Å². The predicted octanol–water partition coefficient (Wildman–Crippen LogP) is 2.87. The summed E-state index contributed by atoms with van der Waals surface area (Å²) in [5, 5.41) is 0. The molecule has 0 fully saturated rings. The van der Waals surface area contributed by atoms with Crippen LogP contribution >= 0.6 is 0 Å². The molecule has 2 aromatic rings. The second kappa shape index (κ2) is 4.42. The molecule has 1 aromatic carbocycles. The molecule has 3 rings (SSSR count). The number of benzene rings is 1. The molecule has 3 nitrogen and oxygen atoms in total. The molecule has 2 unspecified atom stereocenters. The minimum absolute atomic E-state index is 0.144. The molecular formula is C14H15F2N3. The van der Waals surface area contributed by atoms with Gasteiger partial charge in [-0.3, -0.25) is 0 Å². The molecule has 0 saturated heterocycles. The molecule has 1 aliphatic heterocycles. The van der Waals surface area contributed by atoms with Crippen LogP contribution in [0.4, 0.5) is 8.78 Å². The van der Waals surface area contributed by atoms with E-state index in [2.05, 4.69) is 11.9 Å². The molecule has 5 heteroatoms. The molecule has 0 radical (unpaired) electrons. The number of halogens is 2. The summed E-state index contributed by atoms with van der Waals surface area (Å²) >= 11 is 0. The number of fused-ring (bicyclic) bond motifs is 1. The molecule has 0 saturated carbocycles. The summed E-state index contributed by atoms with van der Waals surface area (Å²) in [6, 6.07) is 3.24. The Kier molecular flexibility index (Phi) is 2.86. The maximum absolute atomic E-state index is 13.7. The van der Waals surface area contributed by atoms with Crippen molar-refractivity contribution in [1.82, 2.24) is 9.55 Å². The highest BCUT2D eigenvalue weighted by Gasteiger charge is 2.25. The molecule has 1 aromatic heterocycles. The first-order valence-electron chi connectivity index (χ1n) is 6.32. The molecule has 0 spiro atoms. The predicted molar refractivity (Wildman–Crippen MR) is 68.3 cm³/mol. The molecule has 0 aliphatic carbocycles. The van der Waals surface area contributed by atoms with Crippen molar-refractivity contribution in [1.29, 1.82) is 0 Å². The van der Waals surface area contributed by atoms with Gasteiger partial charge in [-0.2, -0.15) is 0 Å². The Balaban J connectivity index is 2.08. The van der Waals surface area contributed by atoms with Gasteiger partial charge in [-0.15, -0.1) is 0 Å². The van der Waals surface area contributed by atoms with Crippen LogP contribution < -0.4 is 5.73 Å². The van der Waals surface area contributed by atoms with Crippen LogP contribution in [0.25, 0.3) is 11.3 Å². The Morgan fingerprint density at radius 1 is 1.37 bits per heavy atom. The smallest absolute Gasteiger partial charge is 0.132 e. The molecule has 2 N–H and O–H groups in total. The number of rotatable bonds is 1. The molecule has 2 atom stereocenters. The van der Waals surface area contributed by atoms with E-state index < -0.39 is 11.6 Å². The van der Waals surface area contributed by atoms with Gasteiger partial charge in [0.2, 0.25) is 0 Å². The number of hydrogen-bond donors (Lipinski definition) is 1. The molecule has 19 heavy (non-hydrogen) atoms. The van der Waals surface area contributed by atoms with Crippen LogP contribution in [0.5, 0.6) is 0 Å². The van der Waals surface area contributed by atoms with E-state index in [1.54, 1.807) is 6.20 Å². The van der Waals surface area contributed by atoms with Crippen molar-refractivity contribution >= 4 is 0 Å². The molecule has 0 bridgehead atoms. The molecule has 100 valence electrons. The van der Waals surface area contributed by atoms with Gasteiger partial charge < -0.3 is 10.3 Å². The van der Waals surface area contributed by atoms with Crippen molar-refractivity contribution in [2.75, 3.05) is 0 Å². The lowest BCUT2D eigenvalue weighted by molar-refractivity contribution is 0.346. The van der Waals surface area contributed by atoms with Gasteiger partial charge in [-0.25, -0.2) is 13.8 Å². The zero-order chi connectivity index (χ0) is 13.6. The van der Waals surface area contributed by atoms with Crippen LogP contribution in [0.3, 0.4) is 0 Å². The number of imidazole rings is 1. The average molecular weight is 263 g/mol. The third kappa shape index (κ3) is 2.14. The Hall–Kier alpha value is -1.75. The number of hydrogen-bond acceptors (Lipinski definition) is 2. The summed E-state index contributed by atoms with van der Waals surface area (Å²) < 4.78 is 28.9. The monoisotopic (exact) mass is 263 g/mol. The normalized spacial score (nSPS) is 22.3. The lowest BCUT2D eigenvalue weighted by atomic mass is 9.98. The lowest BCUT2D eigenvalue weighted by Crippen LogP contribution is -2.26. The molecule has 1 aliphatic rings. The van der Waals surface area contributed by atoms with Crippen molar-refractivity contribution in [3.8, 4) is 11.3 Å². The minimum atomic E-state index is -0.474. The first kappa shape index (κ1) is 12.3. The third-order valence-electron chi connectivity index (χ3n) is 3.51. The largest absolute Gasteiger partial charge is 0.333 e. The number of nitrogens with zero attached hydrogens (tertiary/aromatic N) is 2. The van der Waals surface area contributed by atoms with E-state index in [1.807, 2.05) is 4.57 Å². The van der Waals surface area contributed by atoms with E-state index in [9.17, 15) is 8.78 Å². The number of nitrogens with two attached hydrogens (primary N) is 1. The van der Waals surface area contributed by atoms with Crippen LogP contribution in [-0.2, 0) is 6.54 Å². The maximum atomic E-state index is 13.7. The topological polar surface area (TPSA) is 43.8 Å². The van der Waals surface area contributed by atoms with Crippen molar-refractivity contribution in [3.05, 3.63) is 41.9 Å². The van der Waals surface area contributed by atoms with Gasteiger partial charge >= 0.3 is 0 Å². The van der Waals surface area contributed by atoms with Gasteiger partial charge in [0.05, 0.1) is 11.7 Å². The first-order chi connectivity index (χ1) is 9.04. The van der Waals surface area contributed by atoms with E-state index in [4.69, 9.17) is 5.73 Å². The highest BCUT2D eigenvalue weighted by atomic mass is 19.1. The Morgan fingerprint density at radius 2 is 2.16 bits per heavy atom. The van der Waals surface area contributed by atoms with E-state index >= 15 is 0 Å². The van der Waals surface area contributed by atoms with Gasteiger partial charge in [0, 0.05) is 18.3 Å². The summed E-state index contributed by atoms with van der Waals surface area (Å²) in [4.78, 5) is 4.37. The van der Waals surface area contributed by atoms with Gasteiger partial charge in [-0.1, -0.05) is 6.92 Å². The minimum Gasteiger partial charge on any atom is -0.333 e. The first-order valence-corrected chi connectivity index (χ1v) is 6.32. The third-order valence-corrected chi connectivity index (χ3v) is 3.51. The summed E-state index contributed by atoms with van der Waals surface area (Å²) in [6.07, 6.45) is 2.62. The van der Waals surface area contributed by atoms with Crippen LogP contribution in [-0.4, -0.2) is 9.55 Å². The van der Waals surface area contributed by atoms with E-state index in [1.165, 1.54) is 6.07 Å². The van der Waals surface area contributed by atoms with Crippen molar-refractivity contribution in [2.45, 2.75) is 25.9 Å². The average Bonchev–Trinajstić information content (AvgIpc) is 2.76. The van der Waals surface area contributed by atoms with Crippen molar-refractivity contribution < 1.29 is 8.78 Å². The fourth-order valence-electron chi connectivity index (χ4n) is 2.65. The van der Waals surface area contributed by atoms with E-state index in [0.717, 1.165) is 30.9 Å². The lowest BCUT2D eigenvalue weighted by Gasteiger charge is -2.25. The Labute approximate surface area is 110 Å². The Morgan fingerprint density at radius 3 is 2.95 bits per heavy atom. The zero-order valence-corrected chi connectivity index (χ0v) is 10.6. The summed E-state index contributed by atoms with van der Waals surface area (Å²) in [6.45, 7) is 2.93. The highest BCUT2D eigenvalue weighted by molar-refractivity contribution is 5.59. The fraction of sp³-hybridized carbons (Fsp3) is 0.357. The van der Waals surface area contributed by atoms with Crippen LogP contribution in [0.1, 0.15) is 25.2 Å². The van der Waals surface area contributed by atoms with E-state index in [-0.39, 0.29) is 11.6 Å². The number of aromatic nitrogens is 2. The SMILES string of the molecule is CC1CC(N)c2nc(-c3cc(F)ccc3F)cn2C1. The van der Waals surface area contributed by atoms with Crippen LogP contribution in [0, 0.1) is 17.6 Å². The van der Waals surface area contributed by atoms with Gasteiger partial charge in [0.1, 0.15) is 17.5 Å². The Bertz CT molecular complexity index is 621. The highest BCUT2D eigenvalue weighted by Crippen LogP contribution is 2.30. The second-order valence-electron chi connectivity index (χ2n) is 5.21. The fourth-order valence-corrected chi connectivity index (χ4v) is 2.65.